The topological polar surface area (TPSA) is 41.5 Å². The van der Waals surface area contributed by atoms with Crippen molar-refractivity contribution in [1.82, 2.24) is 5.32 Å². The Morgan fingerprint density at radius 3 is 3.00 bits per heavy atom. The van der Waals surface area contributed by atoms with E-state index in [4.69, 9.17) is 4.74 Å². The zero-order valence-electron chi connectivity index (χ0n) is 10.5. The molecule has 18 heavy (non-hydrogen) atoms. The second kappa shape index (κ2) is 3.72. The van der Waals surface area contributed by atoms with Crippen LogP contribution < -0.4 is 5.32 Å². The average molecular weight is 245 g/mol. The van der Waals surface area contributed by atoms with Crippen molar-refractivity contribution in [2.24, 2.45) is 5.92 Å². The van der Waals surface area contributed by atoms with Gasteiger partial charge in [0.05, 0.1) is 18.2 Å². The molecule has 2 fully saturated rings. The Labute approximate surface area is 107 Å². The van der Waals surface area contributed by atoms with Crippen molar-refractivity contribution in [3.63, 3.8) is 0 Å². The van der Waals surface area contributed by atoms with E-state index in [1.54, 1.807) is 0 Å². The number of aliphatic hydroxyl groups is 1. The minimum absolute atomic E-state index is 0.0483. The second-order valence-electron chi connectivity index (χ2n) is 5.86. The molecular weight excluding hydrogens is 226 g/mol. The highest BCUT2D eigenvalue weighted by atomic mass is 16.5. The quantitative estimate of drug-likeness (QED) is 0.687. The first-order valence-corrected chi connectivity index (χ1v) is 7.00. The number of nitrogens with one attached hydrogen (secondary N) is 1. The molecule has 0 amide bonds. The van der Waals surface area contributed by atoms with Crippen molar-refractivity contribution in [3.8, 4) is 0 Å². The molecule has 2 atom stereocenters. The number of rotatable bonds is 0. The van der Waals surface area contributed by atoms with Gasteiger partial charge in [0.1, 0.15) is 5.76 Å². The van der Waals surface area contributed by atoms with Crippen LogP contribution in [0, 0.1) is 5.92 Å². The number of allylic oxidation sites excluding steroid dienone is 2. The van der Waals surface area contributed by atoms with Crippen LogP contribution in [0.4, 0.5) is 0 Å². The van der Waals surface area contributed by atoms with E-state index in [9.17, 15) is 5.11 Å². The fourth-order valence-electron chi connectivity index (χ4n) is 4.13. The van der Waals surface area contributed by atoms with Gasteiger partial charge in [-0.15, -0.1) is 0 Å². The lowest BCUT2D eigenvalue weighted by Crippen LogP contribution is -2.44. The highest BCUT2D eigenvalue weighted by molar-refractivity contribution is 5.50. The molecule has 0 aromatic heterocycles. The summed E-state index contributed by atoms with van der Waals surface area (Å²) in [7, 11) is 0. The molecule has 2 unspecified atom stereocenters. The maximum atomic E-state index is 10.3. The van der Waals surface area contributed by atoms with E-state index in [1.165, 1.54) is 18.4 Å². The van der Waals surface area contributed by atoms with Gasteiger partial charge >= 0.3 is 0 Å². The molecule has 0 aromatic carbocycles. The van der Waals surface area contributed by atoms with E-state index < -0.39 is 0 Å². The average Bonchev–Trinajstić information content (AvgIpc) is 2.99. The molecule has 4 rings (SSSR count). The summed E-state index contributed by atoms with van der Waals surface area (Å²) in [6, 6.07) is 0.181. The summed E-state index contributed by atoms with van der Waals surface area (Å²) in [4.78, 5) is 0. The molecule has 1 saturated carbocycles. The predicted molar refractivity (Wildman–Crippen MR) is 69.3 cm³/mol. The van der Waals surface area contributed by atoms with Gasteiger partial charge in [-0.3, -0.25) is 0 Å². The Morgan fingerprint density at radius 1 is 1.33 bits per heavy atom. The normalized spacial score (nSPS) is 36.8. The maximum absolute atomic E-state index is 10.3. The lowest BCUT2D eigenvalue weighted by atomic mass is 9.76. The number of aliphatic hydroxyl groups excluding tert-OH is 1. The van der Waals surface area contributed by atoms with Crippen molar-refractivity contribution in [2.45, 2.75) is 37.3 Å². The van der Waals surface area contributed by atoms with Crippen LogP contribution in [0.25, 0.3) is 0 Å². The van der Waals surface area contributed by atoms with Crippen molar-refractivity contribution in [3.05, 3.63) is 35.1 Å². The van der Waals surface area contributed by atoms with E-state index >= 15 is 0 Å². The van der Waals surface area contributed by atoms with E-state index in [1.807, 2.05) is 12.2 Å². The molecule has 0 bridgehead atoms. The van der Waals surface area contributed by atoms with Gasteiger partial charge in [-0.25, -0.2) is 0 Å². The fourth-order valence-corrected chi connectivity index (χ4v) is 4.13. The second-order valence-corrected chi connectivity index (χ2v) is 5.86. The SMILES string of the molecule is OC1=CC=CC2NCC3COC4(CCCC4)C3=C12. The first kappa shape index (κ1) is 10.8. The lowest BCUT2D eigenvalue weighted by molar-refractivity contribution is 0.0266. The van der Waals surface area contributed by atoms with Crippen molar-refractivity contribution in [1.29, 1.82) is 0 Å². The summed E-state index contributed by atoms with van der Waals surface area (Å²) in [5.74, 6) is 0.892. The molecule has 1 saturated heterocycles. The number of ether oxygens (including phenoxy) is 1. The summed E-state index contributed by atoms with van der Waals surface area (Å²) in [5, 5.41) is 13.8. The Morgan fingerprint density at radius 2 is 2.17 bits per heavy atom. The van der Waals surface area contributed by atoms with Crippen molar-refractivity contribution in [2.75, 3.05) is 13.2 Å². The molecule has 2 heterocycles. The first-order chi connectivity index (χ1) is 8.80. The Hall–Kier alpha value is -1.06. The zero-order valence-corrected chi connectivity index (χ0v) is 10.5. The molecule has 0 aromatic rings. The third kappa shape index (κ3) is 1.32. The van der Waals surface area contributed by atoms with E-state index in [-0.39, 0.29) is 11.6 Å². The standard InChI is InChI=1S/C15H19NO2/c17-12-5-3-4-11-13(12)14-10(8-16-11)9-18-15(14)6-1-2-7-15/h3-5,10-11,16-17H,1-2,6-9H2. The Kier molecular flexibility index (Phi) is 2.24. The van der Waals surface area contributed by atoms with Crippen LogP contribution in [-0.4, -0.2) is 29.9 Å². The summed E-state index contributed by atoms with van der Waals surface area (Å²) in [6.07, 6.45) is 10.7. The molecule has 2 aliphatic carbocycles. The summed E-state index contributed by atoms with van der Waals surface area (Å²) in [5.41, 5.74) is 2.46. The van der Waals surface area contributed by atoms with E-state index in [0.717, 1.165) is 31.6 Å². The van der Waals surface area contributed by atoms with Crippen LogP contribution in [0.5, 0.6) is 0 Å². The van der Waals surface area contributed by atoms with Crippen molar-refractivity contribution < 1.29 is 9.84 Å². The van der Waals surface area contributed by atoms with Crippen LogP contribution >= 0.6 is 0 Å². The minimum Gasteiger partial charge on any atom is -0.508 e. The van der Waals surface area contributed by atoms with Gasteiger partial charge in [0.25, 0.3) is 0 Å². The smallest absolute Gasteiger partial charge is 0.120 e. The summed E-state index contributed by atoms with van der Waals surface area (Å²) < 4.78 is 6.19. The highest BCUT2D eigenvalue weighted by Gasteiger charge is 2.51. The van der Waals surface area contributed by atoms with Gasteiger partial charge in [-0.05, 0) is 24.5 Å². The van der Waals surface area contributed by atoms with E-state index in [0.29, 0.717) is 11.7 Å². The van der Waals surface area contributed by atoms with Crippen LogP contribution in [0.1, 0.15) is 25.7 Å². The molecule has 0 radical (unpaired) electrons. The number of hydrogen-bond acceptors (Lipinski definition) is 3. The molecule has 3 heteroatoms. The first-order valence-electron chi connectivity index (χ1n) is 7.00. The van der Waals surface area contributed by atoms with Crippen LogP contribution in [0.15, 0.2) is 35.1 Å². The van der Waals surface area contributed by atoms with Crippen LogP contribution in [0.3, 0.4) is 0 Å². The number of hydrogen-bond donors (Lipinski definition) is 2. The molecule has 2 aliphatic heterocycles. The number of fused-ring (bicyclic) bond motifs is 3. The highest BCUT2D eigenvalue weighted by Crippen LogP contribution is 2.50. The molecule has 4 aliphatic rings. The molecule has 3 nitrogen and oxygen atoms in total. The third-order valence-corrected chi connectivity index (χ3v) is 4.89. The van der Waals surface area contributed by atoms with Gasteiger partial charge in [-0.2, -0.15) is 0 Å². The van der Waals surface area contributed by atoms with Crippen LogP contribution in [-0.2, 0) is 4.74 Å². The molecular formula is C15H19NO2. The molecule has 96 valence electrons. The van der Waals surface area contributed by atoms with Gasteiger partial charge in [0, 0.05) is 18.0 Å². The zero-order chi connectivity index (χ0) is 12.2. The fraction of sp³-hybridized carbons (Fsp3) is 0.600. The van der Waals surface area contributed by atoms with Gasteiger partial charge < -0.3 is 15.2 Å². The molecule has 2 N–H and O–H groups in total. The van der Waals surface area contributed by atoms with Gasteiger partial charge in [-0.1, -0.05) is 25.0 Å². The van der Waals surface area contributed by atoms with Gasteiger partial charge in [0.2, 0.25) is 0 Å². The largest absolute Gasteiger partial charge is 0.508 e. The lowest BCUT2D eigenvalue weighted by Gasteiger charge is -2.36. The molecule has 1 spiro atoms. The van der Waals surface area contributed by atoms with Crippen LogP contribution in [0.2, 0.25) is 0 Å². The monoisotopic (exact) mass is 245 g/mol. The predicted octanol–water partition coefficient (Wildman–Crippen LogP) is 2.23. The van der Waals surface area contributed by atoms with Crippen molar-refractivity contribution >= 4 is 0 Å². The Balaban J connectivity index is 1.88. The maximum Gasteiger partial charge on any atom is 0.120 e. The summed E-state index contributed by atoms with van der Waals surface area (Å²) >= 11 is 0. The Bertz CT molecular complexity index is 469. The van der Waals surface area contributed by atoms with Gasteiger partial charge in [0.15, 0.2) is 0 Å². The third-order valence-electron chi connectivity index (χ3n) is 4.89. The summed E-state index contributed by atoms with van der Waals surface area (Å²) in [6.45, 7) is 1.79. The van der Waals surface area contributed by atoms with E-state index in [2.05, 4.69) is 11.4 Å². The minimum atomic E-state index is -0.0483.